The fraction of sp³-hybridized carbons (Fsp3) is 0.125. The SMILES string of the molecule is O=C(NC(=S)Nc1cccc(OC2Cc3ccccc3C2)c1)c1nc2ccccc2s1. The molecule has 5 rings (SSSR count). The number of fused-ring (bicyclic) bond motifs is 2. The van der Waals surface area contributed by atoms with E-state index in [1.807, 2.05) is 48.5 Å². The van der Waals surface area contributed by atoms with Crippen molar-refractivity contribution in [1.29, 1.82) is 0 Å². The van der Waals surface area contributed by atoms with Gasteiger partial charge in [-0.2, -0.15) is 0 Å². The highest BCUT2D eigenvalue weighted by Gasteiger charge is 2.22. The lowest BCUT2D eigenvalue weighted by Gasteiger charge is -2.15. The van der Waals surface area contributed by atoms with E-state index in [9.17, 15) is 4.79 Å². The number of nitrogens with zero attached hydrogens (tertiary/aromatic N) is 1. The standard InChI is InChI=1S/C24H19N3O2S2/c28-22(23-26-20-10-3-4-11-21(20)31-23)27-24(30)25-17-8-5-9-18(14-17)29-19-12-15-6-1-2-7-16(15)13-19/h1-11,14,19H,12-13H2,(H2,25,27,28,30). The van der Waals surface area contributed by atoms with Crippen LogP contribution in [0.1, 0.15) is 20.9 Å². The van der Waals surface area contributed by atoms with Crippen LogP contribution in [0.2, 0.25) is 0 Å². The molecule has 0 unspecified atom stereocenters. The van der Waals surface area contributed by atoms with Crippen LogP contribution in [-0.2, 0) is 12.8 Å². The number of ether oxygens (including phenoxy) is 1. The maximum Gasteiger partial charge on any atom is 0.286 e. The van der Waals surface area contributed by atoms with Gasteiger partial charge in [0.05, 0.1) is 10.2 Å². The van der Waals surface area contributed by atoms with Crippen molar-refractivity contribution in [1.82, 2.24) is 10.3 Å². The van der Waals surface area contributed by atoms with Gasteiger partial charge in [0, 0.05) is 24.6 Å². The number of rotatable bonds is 4. The molecule has 0 saturated carbocycles. The number of thiocarbonyl (C=S) groups is 1. The molecular formula is C24H19N3O2S2. The number of thiazole rings is 1. The Kier molecular flexibility index (Phi) is 5.36. The molecule has 0 spiro atoms. The minimum atomic E-state index is -0.324. The molecule has 0 atom stereocenters. The van der Waals surface area contributed by atoms with Gasteiger partial charge in [0.2, 0.25) is 0 Å². The molecule has 0 fully saturated rings. The smallest absolute Gasteiger partial charge is 0.286 e. The molecule has 4 aromatic rings. The van der Waals surface area contributed by atoms with E-state index in [-0.39, 0.29) is 17.1 Å². The van der Waals surface area contributed by atoms with E-state index in [0.717, 1.165) is 34.5 Å². The van der Waals surface area contributed by atoms with Crippen molar-refractivity contribution in [3.05, 3.63) is 88.9 Å². The first-order valence-corrected chi connectivity index (χ1v) is 11.2. The Morgan fingerprint density at radius 2 is 1.74 bits per heavy atom. The number of carbonyl (C=O) groups is 1. The van der Waals surface area contributed by atoms with Gasteiger partial charge in [0.25, 0.3) is 5.91 Å². The van der Waals surface area contributed by atoms with Gasteiger partial charge in [-0.05, 0) is 47.6 Å². The number of nitrogens with one attached hydrogen (secondary N) is 2. The maximum absolute atomic E-state index is 12.5. The van der Waals surface area contributed by atoms with Gasteiger partial charge >= 0.3 is 0 Å². The highest BCUT2D eigenvalue weighted by atomic mass is 32.1. The molecule has 0 saturated heterocycles. The van der Waals surface area contributed by atoms with E-state index in [2.05, 4.69) is 39.9 Å². The molecular weight excluding hydrogens is 426 g/mol. The molecule has 0 bridgehead atoms. The van der Waals surface area contributed by atoms with Crippen LogP contribution in [-0.4, -0.2) is 22.1 Å². The summed E-state index contributed by atoms with van der Waals surface area (Å²) in [5, 5.41) is 6.35. The van der Waals surface area contributed by atoms with Crippen molar-refractivity contribution in [2.45, 2.75) is 18.9 Å². The maximum atomic E-state index is 12.5. The van der Waals surface area contributed by atoms with E-state index < -0.39 is 0 Å². The molecule has 5 nitrogen and oxygen atoms in total. The molecule has 1 amide bonds. The lowest BCUT2D eigenvalue weighted by Crippen LogP contribution is -2.34. The number of amides is 1. The van der Waals surface area contributed by atoms with Crippen molar-refractivity contribution < 1.29 is 9.53 Å². The van der Waals surface area contributed by atoms with Gasteiger partial charge in [-0.25, -0.2) is 4.98 Å². The molecule has 1 aliphatic carbocycles. The largest absolute Gasteiger partial charge is 0.490 e. The van der Waals surface area contributed by atoms with Gasteiger partial charge in [0.15, 0.2) is 10.1 Å². The molecule has 1 aromatic heterocycles. The third-order valence-corrected chi connectivity index (χ3v) is 6.36. The van der Waals surface area contributed by atoms with Crippen LogP contribution >= 0.6 is 23.6 Å². The summed E-state index contributed by atoms with van der Waals surface area (Å²) in [5.74, 6) is 0.443. The number of para-hydroxylation sites is 1. The fourth-order valence-corrected chi connectivity index (χ4v) is 4.80. The number of anilines is 1. The normalized spacial score (nSPS) is 13.0. The summed E-state index contributed by atoms with van der Waals surface area (Å²) in [6, 6.07) is 23.7. The van der Waals surface area contributed by atoms with E-state index in [4.69, 9.17) is 17.0 Å². The average Bonchev–Trinajstić information content (AvgIpc) is 3.37. The van der Waals surface area contributed by atoms with Gasteiger partial charge in [-0.1, -0.05) is 42.5 Å². The number of aromatic nitrogens is 1. The summed E-state index contributed by atoms with van der Waals surface area (Å²) in [6.45, 7) is 0. The molecule has 0 aliphatic heterocycles. The van der Waals surface area contributed by atoms with Crippen molar-refractivity contribution in [3.8, 4) is 5.75 Å². The van der Waals surface area contributed by atoms with Crippen LogP contribution in [0.25, 0.3) is 10.2 Å². The summed E-state index contributed by atoms with van der Waals surface area (Å²) in [4.78, 5) is 16.9. The van der Waals surface area contributed by atoms with Gasteiger partial charge in [-0.15, -0.1) is 11.3 Å². The Hall–Kier alpha value is -3.29. The molecule has 7 heteroatoms. The Bertz CT molecular complexity index is 1230. The van der Waals surface area contributed by atoms with Crippen molar-refractivity contribution in [3.63, 3.8) is 0 Å². The van der Waals surface area contributed by atoms with E-state index in [1.54, 1.807) is 0 Å². The van der Waals surface area contributed by atoms with E-state index in [1.165, 1.54) is 22.5 Å². The quantitative estimate of drug-likeness (QED) is 0.434. The lowest BCUT2D eigenvalue weighted by atomic mass is 10.1. The third-order valence-electron chi connectivity index (χ3n) is 5.12. The minimum Gasteiger partial charge on any atom is -0.490 e. The zero-order valence-electron chi connectivity index (χ0n) is 16.5. The monoisotopic (exact) mass is 445 g/mol. The molecule has 2 N–H and O–H groups in total. The molecule has 154 valence electrons. The summed E-state index contributed by atoms with van der Waals surface area (Å²) in [7, 11) is 0. The Balaban J connectivity index is 1.20. The highest BCUT2D eigenvalue weighted by Crippen LogP contribution is 2.27. The van der Waals surface area contributed by atoms with Crippen LogP contribution in [0.3, 0.4) is 0 Å². The Labute approximate surface area is 189 Å². The Morgan fingerprint density at radius 1 is 1.00 bits per heavy atom. The summed E-state index contributed by atoms with van der Waals surface area (Å²) in [5.41, 5.74) is 4.25. The topological polar surface area (TPSA) is 63.2 Å². The molecule has 3 aromatic carbocycles. The zero-order chi connectivity index (χ0) is 21.2. The molecule has 31 heavy (non-hydrogen) atoms. The predicted octanol–water partition coefficient (Wildman–Crippen LogP) is 4.97. The second kappa shape index (κ2) is 8.45. The second-order valence-electron chi connectivity index (χ2n) is 7.34. The van der Waals surface area contributed by atoms with E-state index in [0.29, 0.717) is 5.01 Å². The van der Waals surface area contributed by atoms with Crippen molar-refractivity contribution in [2.24, 2.45) is 0 Å². The first kappa shape index (κ1) is 19.7. The van der Waals surface area contributed by atoms with Gasteiger partial charge in [-0.3, -0.25) is 10.1 Å². The summed E-state index contributed by atoms with van der Waals surface area (Å²) < 4.78 is 7.15. The Morgan fingerprint density at radius 3 is 2.52 bits per heavy atom. The lowest BCUT2D eigenvalue weighted by molar-refractivity contribution is 0.0977. The minimum absolute atomic E-state index is 0.123. The predicted molar refractivity (Wildman–Crippen MR) is 128 cm³/mol. The molecule has 1 aliphatic rings. The fourth-order valence-electron chi connectivity index (χ4n) is 3.73. The highest BCUT2D eigenvalue weighted by molar-refractivity contribution is 7.80. The number of benzene rings is 3. The van der Waals surface area contributed by atoms with E-state index >= 15 is 0 Å². The van der Waals surface area contributed by atoms with Gasteiger partial charge < -0.3 is 10.1 Å². The van der Waals surface area contributed by atoms with Crippen LogP contribution in [0.4, 0.5) is 5.69 Å². The number of hydrogen-bond donors (Lipinski definition) is 2. The third kappa shape index (κ3) is 4.42. The number of hydrogen-bond acceptors (Lipinski definition) is 5. The summed E-state index contributed by atoms with van der Waals surface area (Å²) >= 11 is 6.66. The van der Waals surface area contributed by atoms with Crippen molar-refractivity contribution in [2.75, 3.05) is 5.32 Å². The second-order valence-corrected chi connectivity index (χ2v) is 8.78. The van der Waals surface area contributed by atoms with Gasteiger partial charge in [0.1, 0.15) is 11.9 Å². The first-order valence-electron chi connectivity index (χ1n) is 9.95. The first-order chi connectivity index (χ1) is 15.1. The molecule has 0 radical (unpaired) electrons. The summed E-state index contributed by atoms with van der Waals surface area (Å²) in [6.07, 6.45) is 1.94. The van der Waals surface area contributed by atoms with Crippen LogP contribution in [0.5, 0.6) is 5.75 Å². The van der Waals surface area contributed by atoms with Crippen molar-refractivity contribution >= 4 is 50.5 Å². The zero-order valence-corrected chi connectivity index (χ0v) is 18.1. The average molecular weight is 446 g/mol. The van der Waals surface area contributed by atoms with Crippen LogP contribution < -0.4 is 15.4 Å². The van der Waals surface area contributed by atoms with Crippen LogP contribution in [0, 0.1) is 0 Å². The molecule has 1 heterocycles. The number of carbonyl (C=O) groups excluding carboxylic acids is 1. The van der Waals surface area contributed by atoms with Crippen LogP contribution in [0.15, 0.2) is 72.8 Å².